The highest BCUT2D eigenvalue weighted by molar-refractivity contribution is 6.62. The molecule has 0 atom stereocenters. The lowest BCUT2D eigenvalue weighted by Gasteiger charge is -2.32. The first-order valence-corrected chi connectivity index (χ1v) is 7.44. The first kappa shape index (κ1) is 14.1. The van der Waals surface area contributed by atoms with Crippen LogP contribution in [-0.4, -0.2) is 36.8 Å². The molecule has 2 aliphatic heterocycles. The van der Waals surface area contributed by atoms with Crippen molar-refractivity contribution in [1.29, 1.82) is 0 Å². The molecule has 3 nitrogen and oxygen atoms in total. The molecule has 2 aliphatic rings. The molecule has 0 bridgehead atoms. The Morgan fingerprint density at radius 1 is 1.05 bits per heavy atom. The molecule has 3 rings (SSSR count). The number of fused-ring (bicyclic) bond motifs is 1. The van der Waals surface area contributed by atoms with Gasteiger partial charge < -0.3 is 14.2 Å². The maximum absolute atomic E-state index is 6.13. The number of likely N-dealkylation sites (N-methyl/N-ethyl adjacent to an activating group) is 1. The molecular formula is C16H24BNO2. The third-order valence-electron chi connectivity index (χ3n) is 4.96. The van der Waals surface area contributed by atoms with Gasteiger partial charge >= 0.3 is 7.12 Å². The zero-order chi connectivity index (χ0) is 14.5. The number of hydrogen-bond acceptors (Lipinski definition) is 3. The third kappa shape index (κ3) is 2.30. The minimum atomic E-state index is -0.270. The van der Waals surface area contributed by atoms with E-state index in [0.29, 0.717) is 0 Å². The van der Waals surface area contributed by atoms with Crippen LogP contribution in [0.25, 0.3) is 0 Å². The summed E-state index contributed by atoms with van der Waals surface area (Å²) in [6.07, 6.45) is 1.11. The van der Waals surface area contributed by atoms with Crippen LogP contribution in [0, 0.1) is 0 Å². The van der Waals surface area contributed by atoms with Gasteiger partial charge in [0.1, 0.15) is 0 Å². The minimum Gasteiger partial charge on any atom is -0.399 e. The van der Waals surface area contributed by atoms with Crippen LogP contribution in [0.2, 0.25) is 0 Å². The van der Waals surface area contributed by atoms with E-state index >= 15 is 0 Å². The summed E-state index contributed by atoms with van der Waals surface area (Å²) >= 11 is 0. The van der Waals surface area contributed by atoms with E-state index < -0.39 is 0 Å². The molecule has 0 amide bonds. The van der Waals surface area contributed by atoms with E-state index in [9.17, 15) is 0 Å². The van der Waals surface area contributed by atoms with Gasteiger partial charge in [0.2, 0.25) is 0 Å². The van der Waals surface area contributed by atoms with Crippen LogP contribution in [-0.2, 0) is 22.3 Å². The van der Waals surface area contributed by atoms with Crippen LogP contribution in [0.15, 0.2) is 18.2 Å². The number of hydrogen-bond donors (Lipinski definition) is 0. The predicted octanol–water partition coefficient (Wildman–Crippen LogP) is 1.97. The van der Waals surface area contributed by atoms with E-state index in [4.69, 9.17) is 9.31 Å². The zero-order valence-corrected chi connectivity index (χ0v) is 13.2. The normalized spacial score (nSPS) is 24.8. The fourth-order valence-corrected chi connectivity index (χ4v) is 2.84. The lowest BCUT2D eigenvalue weighted by molar-refractivity contribution is 0.00578. The summed E-state index contributed by atoms with van der Waals surface area (Å²) in [6.45, 7) is 10.6. The van der Waals surface area contributed by atoms with Crippen molar-refractivity contribution in [2.45, 2.75) is 51.9 Å². The second kappa shape index (κ2) is 4.59. The molecule has 0 aromatic heterocycles. The first-order valence-electron chi connectivity index (χ1n) is 7.44. The molecule has 0 aliphatic carbocycles. The van der Waals surface area contributed by atoms with E-state index in [-0.39, 0.29) is 18.3 Å². The molecular weight excluding hydrogens is 249 g/mol. The van der Waals surface area contributed by atoms with Crippen LogP contribution in [0.4, 0.5) is 0 Å². The second-order valence-electron chi connectivity index (χ2n) is 7.10. The highest BCUT2D eigenvalue weighted by Crippen LogP contribution is 2.36. The Labute approximate surface area is 122 Å². The van der Waals surface area contributed by atoms with Crippen molar-refractivity contribution in [3.63, 3.8) is 0 Å². The highest BCUT2D eigenvalue weighted by atomic mass is 16.7. The summed E-state index contributed by atoms with van der Waals surface area (Å²) in [5.74, 6) is 0. The van der Waals surface area contributed by atoms with Crippen molar-refractivity contribution in [3.8, 4) is 0 Å². The average Bonchev–Trinajstić information content (AvgIpc) is 2.58. The Morgan fingerprint density at radius 3 is 2.35 bits per heavy atom. The van der Waals surface area contributed by atoms with Gasteiger partial charge in [0.05, 0.1) is 11.2 Å². The molecule has 4 heteroatoms. The topological polar surface area (TPSA) is 21.7 Å². The largest absolute Gasteiger partial charge is 0.494 e. The Kier molecular flexibility index (Phi) is 3.24. The van der Waals surface area contributed by atoms with Gasteiger partial charge in [0, 0.05) is 13.1 Å². The van der Waals surface area contributed by atoms with Crippen molar-refractivity contribution in [2.24, 2.45) is 0 Å². The first-order chi connectivity index (χ1) is 9.28. The van der Waals surface area contributed by atoms with E-state index in [1.165, 1.54) is 11.1 Å². The smallest absolute Gasteiger partial charge is 0.399 e. The van der Waals surface area contributed by atoms with Crippen molar-refractivity contribution >= 4 is 12.6 Å². The summed E-state index contributed by atoms with van der Waals surface area (Å²) < 4.78 is 12.3. The van der Waals surface area contributed by atoms with Crippen molar-refractivity contribution in [1.82, 2.24) is 4.90 Å². The van der Waals surface area contributed by atoms with Gasteiger partial charge in [0.15, 0.2) is 0 Å². The van der Waals surface area contributed by atoms with E-state index in [2.05, 4.69) is 57.8 Å². The van der Waals surface area contributed by atoms with Gasteiger partial charge in [-0.15, -0.1) is 0 Å². The van der Waals surface area contributed by atoms with Crippen LogP contribution in [0.1, 0.15) is 38.8 Å². The molecule has 1 aromatic rings. The van der Waals surface area contributed by atoms with Crippen LogP contribution < -0.4 is 5.46 Å². The SMILES string of the molecule is CN1CCc2cc(B3OC(C)(C)C(C)(C)O3)ccc2C1. The molecule has 108 valence electrons. The summed E-state index contributed by atoms with van der Waals surface area (Å²) in [6, 6.07) is 6.65. The van der Waals surface area contributed by atoms with E-state index in [0.717, 1.165) is 25.0 Å². The fourth-order valence-electron chi connectivity index (χ4n) is 2.84. The lowest BCUT2D eigenvalue weighted by Crippen LogP contribution is -2.41. The van der Waals surface area contributed by atoms with Gasteiger partial charge in [-0.2, -0.15) is 0 Å². The van der Waals surface area contributed by atoms with Crippen molar-refractivity contribution in [2.75, 3.05) is 13.6 Å². The second-order valence-corrected chi connectivity index (χ2v) is 7.10. The molecule has 1 saturated heterocycles. The molecule has 0 saturated carbocycles. The Hall–Kier alpha value is -0.835. The van der Waals surface area contributed by atoms with E-state index in [1.54, 1.807) is 0 Å². The van der Waals surface area contributed by atoms with Gasteiger partial charge in [-0.05, 0) is 57.8 Å². The molecule has 0 N–H and O–H groups in total. The number of nitrogens with zero attached hydrogens (tertiary/aromatic N) is 1. The average molecular weight is 273 g/mol. The minimum absolute atomic E-state index is 0.245. The lowest BCUT2D eigenvalue weighted by atomic mass is 9.77. The van der Waals surface area contributed by atoms with Gasteiger partial charge in [0.25, 0.3) is 0 Å². The molecule has 0 unspecified atom stereocenters. The van der Waals surface area contributed by atoms with Gasteiger partial charge in [-0.3, -0.25) is 0 Å². The van der Waals surface area contributed by atoms with Gasteiger partial charge in [-0.25, -0.2) is 0 Å². The molecule has 0 radical (unpaired) electrons. The molecule has 0 spiro atoms. The number of benzene rings is 1. The fraction of sp³-hybridized carbons (Fsp3) is 0.625. The van der Waals surface area contributed by atoms with E-state index in [1.807, 2.05) is 0 Å². The standard InChI is InChI=1S/C16H24BNO2/c1-15(2)16(3,4)20-17(19-15)14-7-6-13-11-18(5)9-8-12(13)10-14/h6-7,10H,8-9,11H2,1-5H3. The monoisotopic (exact) mass is 273 g/mol. The van der Waals surface area contributed by atoms with Gasteiger partial charge in [-0.1, -0.05) is 18.2 Å². The molecule has 20 heavy (non-hydrogen) atoms. The van der Waals surface area contributed by atoms with Crippen molar-refractivity contribution < 1.29 is 9.31 Å². The zero-order valence-electron chi connectivity index (χ0n) is 13.2. The third-order valence-corrected chi connectivity index (χ3v) is 4.96. The van der Waals surface area contributed by atoms with Crippen molar-refractivity contribution in [3.05, 3.63) is 29.3 Å². The quantitative estimate of drug-likeness (QED) is 0.730. The summed E-state index contributed by atoms with van der Waals surface area (Å²) in [7, 11) is 1.93. The number of rotatable bonds is 1. The Balaban J connectivity index is 1.86. The maximum atomic E-state index is 6.13. The predicted molar refractivity (Wildman–Crippen MR) is 82.2 cm³/mol. The summed E-state index contributed by atoms with van der Waals surface area (Å²) in [5, 5.41) is 0. The summed E-state index contributed by atoms with van der Waals surface area (Å²) in [4.78, 5) is 2.36. The highest BCUT2D eigenvalue weighted by Gasteiger charge is 2.51. The Morgan fingerprint density at radius 2 is 1.70 bits per heavy atom. The summed E-state index contributed by atoms with van der Waals surface area (Å²) in [5.41, 5.74) is 3.47. The molecule has 2 heterocycles. The van der Waals surface area contributed by atoms with Crippen LogP contribution in [0.5, 0.6) is 0 Å². The van der Waals surface area contributed by atoms with Crippen LogP contribution >= 0.6 is 0 Å². The molecule has 1 aromatic carbocycles. The Bertz CT molecular complexity index is 511. The molecule has 1 fully saturated rings. The van der Waals surface area contributed by atoms with Crippen LogP contribution in [0.3, 0.4) is 0 Å². The maximum Gasteiger partial charge on any atom is 0.494 e.